The average Bonchev–Trinajstić information content (AvgIpc) is 2.37. The minimum atomic E-state index is -0.405. The summed E-state index contributed by atoms with van der Waals surface area (Å²) in [5.74, 6) is -0.697. The van der Waals surface area contributed by atoms with Gasteiger partial charge in [0.1, 0.15) is 11.6 Å². The van der Waals surface area contributed by atoms with Gasteiger partial charge in [-0.25, -0.2) is 8.78 Å². The van der Waals surface area contributed by atoms with Gasteiger partial charge in [0, 0.05) is 17.7 Å². The Morgan fingerprint density at radius 2 is 1.89 bits per heavy atom. The molecule has 1 nitrogen and oxygen atoms in total. The molecule has 0 fully saturated rings. The van der Waals surface area contributed by atoms with E-state index in [1.165, 1.54) is 18.2 Å². The van der Waals surface area contributed by atoms with Gasteiger partial charge in [-0.2, -0.15) is 0 Å². The highest BCUT2D eigenvalue weighted by atomic mass is 35.5. The highest BCUT2D eigenvalue weighted by Crippen LogP contribution is 2.29. The molecule has 1 N–H and O–H groups in total. The van der Waals surface area contributed by atoms with E-state index in [0.29, 0.717) is 23.2 Å². The third-order valence-electron chi connectivity index (χ3n) is 2.86. The van der Waals surface area contributed by atoms with E-state index < -0.39 is 5.82 Å². The Hall–Kier alpha value is -1.45. The van der Waals surface area contributed by atoms with Crippen LogP contribution >= 0.6 is 11.6 Å². The maximum Gasteiger partial charge on any atom is 0.128 e. The van der Waals surface area contributed by atoms with Crippen molar-refractivity contribution in [2.24, 2.45) is 0 Å². The molecule has 0 aromatic heterocycles. The lowest BCUT2D eigenvalue weighted by Gasteiger charge is -2.08. The standard InChI is InChI=1S/C15H14ClF2N/c1-2-19-9-11-4-3-10(7-15(11)18)13-6-5-12(17)8-14(13)16/h3-8,19H,2,9H2,1H3. The molecule has 0 saturated heterocycles. The van der Waals surface area contributed by atoms with Gasteiger partial charge in [0.05, 0.1) is 5.02 Å². The summed E-state index contributed by atoms with van der Waals surface area (Å²) in [6.07, 6.45) is 0. The first-order valence-corrected chi connectivity index (χ1v) is 6.44. The minimum Gasteiger partial charge on any atom is -0.313 e. The van der Waals surface area contributed by atoms with E-state index >= 15 is 0 Å². The summed E-state index contributed by atoms with van der Waals surface area (Å²) >= 11 is 5.96. The molecule has 19 heavy (non-hydrogen) atoms. The Bertz CT molecular complexity index is 584. The van der Waals surface area contributed by atoms with Gasteiger partial charge < -0.3 is 5.32 Å². The fraction of sp³-hybridized carbons (Fsp3) is 0.200. The summed E-state index contributed by atoms with van der Waals surface area (Å²) in [4.78, 5) is 0. The molecule has 0 spiro atoms. The Kier molecular flexibility index (Phi) is 4.51. The van der Waals surface area contributed by atoms with Crippen LogP contribution in [0.2, 0.25) is 5.02 Å². The summed E-state index contributed by atoms with van der Waals surface area (Å²) in [6.45, 7) is 3.23. The molecule has 100 valence electrons. The van der Waals surface area contributed by atoms with Crippen LogP contribution in [0, 0.1) is 11.6 Å². The Morgan fingerprint density at radius 3 is 2.53 bits per heavy atom. The van der Waals surface area contributed by atoms with Crippen molar-refractivity contribution in [3.8, 4) is 11.1 Å². The molecule has 0 atom stereocenters. The van der Waals surface area contributed by atoms with Gasteiger partial charge in [0.15, 0.2) is 0 Å². The second-order valence-electron chi connectivity index (χ2n) is 4.21. The highest BCUT2D eigenvalue weighted by molar-refractivity contribution is 6.33. The third kappa shape index (κ3) is 3.31. The topological polar surface area (TPSA) is 12.0 Å². The zero-order valence-corrected chi connectivity index (χ0v) is 11.3. The summed E-state index contributed by atoms with van der Waals surface area (Å²) in [5.41, 5.74) is 1.86. The van der Waals surface area contributed by atoms with E-state index in [0.717, 1.165) is 6.54 Å². The van der Waals surface area contributed by atoms with Crippen LogP contribution in [0.4, 0.5) is 8.78 Å². The van der Waals surface area contributed by atoms with Gasteiger partial charge in [0.25, 0.3) is 0 Å². The van der Waals surface area contributed by atoms with E-state index in [9.17, 15) is 8.78 Å². The number of benzene rings is 2. The summed E-state index contributed by atoms with van der Waals surface area (Å²) in [6, 6.07) is 9.01. The van der Waals surface area contributed by atoms with Crippen molar-refractivity contribution in [1.29, 1.82) is 0 Å². The zero-order chi connectivity index (χ0) is 13.8. The van der Waals surface area contributed by atoms with Crippen molar-refractivity contribution in [3.05, 3.63) is 58.6 Å². The van der Waals surface area contributed by atoms with Crippen molar-refractivity contribution in [1.82, 2.24) is 5.32 Å². The van der Waals surface area contributed by atoms with E-state index in [1.807, 2.05) is 6.92 Å². The first kappa shape index (κ1) is 14.0. The number of nitrogens with one attached hydrogen (secondary N) is 1. The van der Waals surface area contributed by atoms with Crippen molar-refractivity contribution >= 4 is 11.6 Å². The van der Waals surface area contributed by atoms with Gasteiger partial charge in [-0.15, -0.1) is 0 Å². The van der Waals surface area contributed by atoms with Crippen LogP contribution in [0.25, 0.3) is 11.1 Å². The molecule has 2 rings (SSSR count). The van der Waals surface area contributed by atoms with Crippen LogP contribution in [0.15, 0.2) is 36.4 Å². The number of hydrogen-bond acceptors (Lipinski definition) is 1. The quantitative estimate of drug-likeness (QED) is 0.876. The zero-order valence-electron chi connectivity index (χ0n) is 10.5. The predicted octanol–water partition coefficient (Wildman–Crippen LogP) is 4.39. The Labute approximate surface area is 116 Å². The van der Waals surface area contributed by atoms with Gasteiger partial charge in [-0.3, -0.25) is 0 Å². The number of rotatable bonds is 4. The third-order valence-corrected chi connectivity index (χ3v) is 3.17. The second kappa shape index (κ2) is 6.13. The molecular formula is C15H14ClF2N. The van der Waals surface area contributed by atoms with Crippen LogP contribution in [-0.2, 0) is 6.54 Å². The molecule has 0 aliphatic rings. The maximum absolute atomic E-state index is 13.9. The maximum atomic E-state index is 13.9. The van der Waals surface area contributed by atoms with Crippen molar-refractivity contribution in [2.75, 3.05) is 6.54 Å². The molecule has 2 aromatic rings. The summed E-state index contributed by atoms with van der Waals surface area (Å²) in [5, 5.41) is 3.34. The first-order chi connectivity index (χ1) is 9.11. The lowest BCUT2D eigenvalue weighted by Crippen LogP contribution is -2.12. The normalized spacial score (nSPS) is 10.7. The number of halogens is 3. The van der Waals surface area contributed by atoms with E-state index in [2.05, 4.69) is 5.32 Å². The fourth-order valence-corrected chi connectivity index (χ4v) is 2.12. The molecule has 0 unspecified atom stereocenters. The van der Waals surface area contributed by atoms with Crippen molar-refractivity contribution in [2.45, 2.75) is 13.5 Å². The molecule has 2 aromatic carbocycles. The second-order valence-corrected chi connectivity index (χ2v) is 4.62. The number of hydrogen-bond donors (Lipinski definition) is 1. The molecule has 4 heteroatoms. The van der Waals surface area contributed by atoms with Crippen LogP contribution in [0.3, 0.4) is 0 Å². The van der Waals surface area contributed by atoms with Crippen LogP contribution in [0.5, 0.6) is 0 Å². The van der Waals surface area contributed by atoms with Gasteiger partial charge in [-0.05, 0) is 36.4 Å². The molecule has 0 aliphatic heterocycles. The lowest BCUT2D eigenvalue weighted by atomic mass is 10.0. The summed E-state index contributed by atoms with van der Waals surface area (Å²) < 4.78 is 26.9. The molecule has 0 aliphatic carbocycles. The molecule has 0 amide bonds. The molecule has 0 saturated carbocycles. The van der Waals surface area contributed by atoms with Gasteiger partial charge >= 0.3 is 0 Å². The molecular weight excluding hydrogens is 268 g/mol. The predicted molar refractivity (Wildman–Crippen MR) is 74.2 cm³/mol. The van der Waals surface area contributed by atoms with E-state index in [1.54, 1.807) is 18.2 Å². The van der Waals surface area contributed by atoms with E-state index in [4.69, 9.17) is 11.6 Å². The molecule has 0 radical (unpaired) electrons. The Morgan fingerprint density at radius 1 is 1.11 bits per heavy atom. The smallest absolute Gasteiger partial charge is 0.128 e. The highest BCUT2D eigenvalue weighted by Gasteiger charge is 2.08. The largest absolute Gasteiger partial charge is 0.313 e. The van der Waals surface area contributed by atoms with Crippen molar-refractivity contribution in [3.63, 3.8) is 0 Å². The Balaban J connectivity index is 2.33. The van der Waals surface area contributed by atoms with E-state index in [-0.39, 0.29) is 10.8 Å². The fourth-order valence-electron chi connectivity index (χ4n) is 1.84. The van der Waals surface area contributed by atoms with Crippen LogP contribution in [0.1, 0.15) is 12.5 Å². The van der Waals surface area contributed by atoms with Crippen molar-refractivity contribution < 1.29 is 8.78 Å². The SMILES string of the molecule is CCNCc1ccc(-c2ccc(F)cc2Cl)cc1F. The van der Waals surface area contributed by atoms with Crippen LogP contribution < -0.4 is 5.32 Å². The first-order valence-electron chi connectivity index (χ1n) is 6.06. The average molecular weight is 282 g/mol. The van der Waals surface area contributed by atoms with Gasteiger partial charge in [0.2, 0.25) is 0 Å². The summed E-state index contributed by atoms with van der Waals surface area (Å²) in [7, 11) is 0. The molecule has 0 heterocycles. The van der Waals surface area contributed by atoms with Crippen LogP contribution in [-0.4, -0.2) is 6.54 Å². The lowest BCUT2D eigenvalue weighted by molar-refractivity contribution is 0.594. The minimum absolute atomic E-state index is 0.277. The molecule has 0 bridgehead atoms. The van der Waals surface area contributed by atoms with Gasteiger partial charge in [-0.1, -0.05) is 30.7 Å². The monoisotopic (exact) mass is 281 g/mol.